The van der Waals surface area contributed by atoms with Crippen LogP contribution in [-0.2, 0) is 16.1 Å². The molecule has 3 aromatic rings. The number of ether oxygens (including phenoxy) is 1. The molecule has 5 rings (SSSR count). The largest absolute Gasteiger partial charge is 0.478 e. The van der Waals surface area contributed by atoms with Gasteiger partial charge < -0.3 is 14.4 Å². The monoisotopic (exact) mass is 449 g/mol. The summed E-state index contributed by atoms with van der Waals surface area (Å²) in [5.41, 5.74) is 5.63. The second-order valence-electron chi connectivity index (χ2n) is 8.61. The molecule has 1 saturated carbocycles. The highest BCUT2D eigenvalue weighted by Crippen LogP contribution is 2.47. The van der Waals surface area contributed by atoms with E-state index in [4.69, 9.17) is 16.3 Å². The second-order valence-corrected chi connectivity index (χ2v) is 9.05. The van der Waals surface area contributed by atoms with Crippen LogP contribution in [-0.4, -0.2) is 28.7 Å². The van der Waals surface area contributed by atoms with Crippen molar-refractivity contribution in [3.05, 3.63) is 63.7 Å². The Hall–Kier alpha value is -3.05. The molecule has 5 nitrogen and oxygen atoms in total. The third-order valence-electron chi connectivity index (χ3n) is 6.74. The van der Waals surface area contributed by atoms with E-state index in [1.54, 1.807) is 18.2 Å². The van der Waals surface area contributed by atoms with E-state index < -0.39 is 11.9 Å². The Morgan fingerprint density at radius 1 is 1.09 bits per heavy atom. The molecular formula is C26H24ClNO4. The number of nitrogens with zero attached hydrogens (tertiary/aromatic N) is 1. The van der Waals surface area contributed by atoms with Crippen LogP contribution in [0, 0.1) is 0 Å². The van der Waals surface area contributed by atoms with Gasteiger partial charge in [0.15, 0.2) is 0 Å². The van der Waals surface area contributed by atoms with Gasteiger partial charge in [-0.05, 0) is 60.2 Å². The molecule has 2 heterocycles. The molecule has 0 unspecified atom stereocenters. The van der Waals surface area contributed by atoms with Gasteiger partial charge in [-0.1, -0.05) is 43.0 Å². The molecule has 1 aliphatic heterocycles. The summed E-state index contributed by atoms with van der Waals surface area (Å²) in [4.78, 5) is 24.3. The first kappa shape index (κ1) is 20.8. The summed E-state index contributed by atoms with van der Waals surface area (Å²) in [5.74, 6) is -0.985. The number of hydrogen-bond donors (Lipinski definition) is 1. The van der Waals surface area contributed by atoms with Crippen molar-refractivity contribution in [2.45, 2.75) is 44.6 Å². The van der Waals surface area contributed by atoms with Crippen LogP contribution < -0.4 is 0 Å². The van der Waals surface area contributed by atoms with Gasteiger partial charge in [-0.15, -0.1) is 0 Å². The number of halogens is 1. The molecule has 164 valence electrons. The fraction of sp³-hybridized carbons (Fsp3) is 0.308. The van der Waals surface area contributed by atoms with E-state index in [1.165, 1.54) is 31.9 Å². The Labute approximate surface area is 191 Å². The van der Waals surface area contributed by atoms with Crippen molar-refractivity contribution >= 4 is 40.5 Å². The van der Waals surface area contributed by atoms with Crippen molar-refractivity contribution in [3.8, 4) is 11.3 Å². The topological polar surface area (TPSA) is 68.5 Å². The van der Waals surface area contributed by atoms with Gasteiger partial charge in [0.25, 0.3) is 0 Å². The first-order valence-electron chi connectivity index (χ1n) is 11.0. The molecule has 0 saturated heterocycles. The van der Waals surface area contributed by atoms with E-state index in [1.807, 2.05) is 28.8 Å². The Morgan fingerprint density at radius 2 is 1.88 bits per heavy atom. The molecule has 6 heteroatoms. The summed E-state index contributed by atoms with van der Waals surface area (Å²) in [6, 6.07) is 11.2. The third kappa shape index (κ3) is 3.41. The fourth-order valence-corrected chi connectivity index (χ4v) is 5.44. The summed E-state index contributed by atoms with van der Waals surface area (Å²) >= 11 is 6.41. The molecule has 0 atom stereocenters. The lowest BCUT2D eigenvalue weighted by molar-refractivity contribution is -0.132. The average Bonchev–Trinajstić information content (AvgIpc) is 3.02. The lowest BCUT2D eigenvalue weighted by Gasteiger charge is -2.24. The van der Waals surface area contributed by atoms with Crippen LogP contribution in [0.4, 0.5) is 0 Å². The number of benzene rings is 2. The Bertz CT molecular complexity index is 1280. The summed E-state index contributed by atoms with van der Waals surface area (Å²) in [7, 11) is 1.36. The number of rotatable bonds is 3. The number of aromatic nitrogens is 1. The van der Waals surface area contributed by atoms with Gasteiger partial charge >= 0.3 is 11.9 Å². The number of carbonyl (C=O) groups is 2. The molecule has 1 aromatic heterocycles. The summed E-state index contributed by atoms with van der Waals surface area (Å²) in [6.45, 7) is 0.213. The summed E-state index contributed by atoms with van der Waals surface area (Å²) < 4.78 is 6.99. The highest BCUT2D eigenvalue weighted by molar-refractivity contribution is 6.31. The molecule has 1 fully saturated rings. The first-order chi connectivity index (χ1) is 15.5. The van der Waals surface area contributed by atoms with Gasteiger partial charge in [0.1, 0.15) is 0 Å². The van der Waals surface area contributed by atoms with Crippen LogP contribution in [0.1, 0.15) is 59.5 Å². The zero-order valence-electron chi connectivity index (χ0n) is 17.9. The van der Waals surface area contributed by atoms with Gasteiger partial charge in [0.2, 0.25) is 0 Å². The lowest BCUT2D eigenvalue weighted by atomic mass is 9.81. The van der Waals surface area contributed by atoms with Crippen LogP contribution >= 0.6 is 11.6 Å². The molecule has 2 aromatic carbocycles. The van der Waals surface area contributed by atoms with Gasteiger partial charge in [-0.25, -0.2) is 9.59 Å². The molecule has 0 amide bonds. The SMILES string of the molecule is COC(=O)c1ccc2c(C3CCCCC3)c3n(c2c1)CC(C(=O)O)=Cc1ccc(Cl)cc1-3. The Balaban J connectivity index is 1.87. The summed E-state index contributed by atoms with van der Waals surface area (Å²) in [5, 5.41) is 11.6. The standard InChI is InChI=1S/C26H24ClNO4/c1-32-26(31)17-8-10-20-22(12-17)28-14-18(25(29)30)11-16-7-9-19(27)13-21(16)24(28)23(20)15-5-3-2-4-6-15/h7-13,15H,2-6,14H2,1H3,(H,29,30). The van der Waals surface area contributed by atoms with Crippen molar-refractivity contribution in [1.82, 2.24) is 4.57 Å². The quantitative estimate of drug-likeness (QED) is 0.478. The van der Waals surface area contributed by atoms with Crippen molar-refractivity contribution in [2.24, 2.45) is 0 Å². The summed E-state index contributed by atoms with van der Waals surface area (Å²) in [6.07, 6.45) is 7.53. The highest BCUT2D eigenvalue weighted by atomic mass is 35.5. The number of carboxylic acid groups (broad SMARTS) is 1. The normalized spacial score (nSPS) is 16.1. The average molecular weight is 450 g/mol. The zero-order valence-corrected chi connectivity index (χ0v) is 18.6. The van der Waals surface area contributed by atoms with Gasteiger partial charge in [-0.3, -0.25) is 0 Å². The molecule has 0 radical (unpaired) electrons. The van der Waals surface area contributed by atoms with Crippen molar-refractivity contribution in [1.29, 1.82) is 0 Å². The Kier molecular flexibility index (Phi) is 5.30. The van der Waals surface area contributed by atoms with E-state index in [2.05, 4.69) is 0 Å². The number of methoxy groups -OCH3 is 1. The molecule has 32 heavy (non-hydrogen) atoms. The van der Waals surface area contributed by atoms with Crippen molar-refractivity contribution < 1.29 is 19.4 Å². The molecule has 1 aliphatic carbocycles. The lowest BCUT2D eigenvalue weighted by Crippen LogP contribution is -2.10. The minimum Gasteiger partial charge on any atom is -0.478 e. The van der Waals surface area contributed by atoms with Gasteiger partial charge in [0.05, 0.1) is 30.5 Å². The highest BCUT2D eigenvalue weighted by Gasteiger charge is 2.30. The zero-order chi connectivity index (χ0) is 22.4. The van der Waals surface area contributed by atoms with Crippen LogP contribution in [0.5, 0.6) is 0 Å². The van der Waals surface area contributed by atoms with E-state index >= 15 is 0 Å². The van der Waals surface area contributed by atoms with Crippen molar-refractivity contribution in [3.63, 3.8) is 0 Å². The predicted molar refractivity (Wildman–Crippen MR) is 125 cm³/mol. The molecule has 0 bridgehead atoms. The van der Waals surface area contributed by atoms with Crippen molar-refractivity contribution in [2.75, 3.05) is 7.11 Å². The van der Waals surface area contributed by atoms with E-state index in [-0.39, 0.29) is 6.54 Å². The first-order valence-corrected chi connectivity index (χ1v) is 11.3. The van der Waals surface area contributed by atoms with Gasteiger partial charge in [-0.2, -0.15) is 0 Å². The number of carboxylic acids is 1. The minimum absolute atomic E-state index is 0.213. The fourth-order valence-electron chi connectivity index (χ4n) is 5.27. The molecule has 1 N–H and O–H groups in total. The third-order valence-corrected chi connectivity index (χ3v) is 6.98. The number of esters is 1. The molecule has 2 aliphatic rings. The minimum atomic E-state index is -0.955. The van der Waals surface area contributed by atoms with E-state index in [0.717, 1.165) is 40.6 Å². The second kappa shape index (κ2) is 8.14. The maximum absolute atomic E-state index is 12.3. The smallest absolute Gasteiger partial charge is 0.337 e. The number of fused-ring (bicyclic) bond motifs is 5. The van der Waals surface area contributed by atoms with Crippen LogP contribution in [0.2, 0.25) is 5.02 Å². The van der Waals surface area contributed by atoms with E-state index in [9.17, 15) is 14.7 Å². The maximum atomic E-state index is 12.3. The Morgan fingerprint density at radius 3 is 2.59 bits per heavy atom. The maximum Gasteiger partial charge on any atom is 0.337 e. The number of aliphatic carboxylic acids is 1. The number of carbonyl (C=O) groups excluding carboxylic acids is 1. The van der Waals surface area contributed by atoms with Crippen LogP contribution in [0.3, 0.4) is 0 Å². The predicted octanol–water partition coefficient (Wildman–Crippen LogP) is 6.28. The number of hydrogen-bond acceptors (Lipinski definition) is 3. The van der Waals surface area contributed by atoms with E-state index in [0.29, 0.717) is 22.1 Å². The molecule has 0 spiro atoms. The molecular weight excluding hydrogens is 426 g/mol. The van der Waals surface area contributed by atoms with Crippen LogP contribution in [0.15, 0.2) is 42.0 Å². The van der Waals surface area contributed by atoms with Crippen LogP contribution in [0.25, 0.3) is 28.2 Å². The van der Waals surface area contributed by atoms with Gasteiger partial charge in [0, 0.05) is 21.5 Å².